The van der Waals surface area contributed by atoms with E-state index in [1.807, 2.05) is 31.9 Å². The Bertz CT molecular complexity index is 1120. The van der Waals surface area contributed by atoms with Gasteiger partial charge in [0, 0.05) is 45.8 Å². The zero-order valence-electron chi connectivity index (χ0n) is 23.3. The van der Waals surface area contributed by atoms with Crippen molar-refractivity contribution in [3.8, 4) is 0 Å². The number of aliphatic imine (C=N–C) groups is 1. The molecule has 2 aliphatic carbocycles. The maximum Gasteiger partial charge on any atom is 0.410 e. The minimum Gasteiger partial charge on any atom is -0.444 e. The number of rotatable bonds is 1. The van der Waals surface area contributed by atoms with Crippen molar-refractivity contribution in [2.45, 2.75) is 88.6 Å². The van der Waals surface area contributed by atoms with E-state index in [4.69, 9.17) is 24.3 Å². The van der Waals surface area contributed by atoms with Crippen LogP contribution >= 0.6 is 0 Å². The van der Waals surface area contributed by atoms with Gasteiger partial charge in [0.15, 0.2) is 5.79 Å². The van der Waals surface area contributed by atoms with Gasteiger partial charge in [-0.05, 0) is 64.5 Å². The number of H-pyrrole nitrogens is 1. The zero-order chi connectivity index (χ0) is 26.5. The summed E-state index contributed by atoms with van der Waals surface area (Å²) in [5, 5.41) is 8.39. The van der Waals surface area contributed by atoms with Crippen LogP contribution in [0.15, 0.2) is 17.3 Å². The number of likely N-dealkylation sites (N-methyl/N-ethyl adjacent to an activating group) is 1. The van der Waals surface area contributed by atoms with E-state index in [-0.39, 0.29) is 17.6 Å². The fraction of sp³-hybridized carbons (Fsp3) is 0.750. The highest BCUT2D eigenvalue weighted by atomic mass is 16.7. The third-order valence-corrected chi connectivity index (χ3v) is 8.91. The quantitative estimate of drug-likeness (QED) is 0.596. The molecule has 0 aromatic carbocycles. The van der Waals surface area contributed by atoms with Crippen LogP contribution in [-0.4, -0.2) is 94.8 Å². The molecule has 2 saturated heterocycles. The molecule has 1 aromatic heterocycles. The second kappa shape index (κ2) is 9.55. The third-order valence-electron chi connectivity index (χ3n) is 8.91. The lowest BCUT2D eigenvalue weighted by molar-refractivity contribution is -0.227. The molecule has 1 amide bonds. The van der Waals surface area contributed by atoms with Crippen LogP contribution in [0.5, 0.6) is 0 Å². The maximum absolute atomic E-state index is 12.7. The minimum atomic E-state index is -0.518. The van der Waals surface area contributed by atoms with Crippen LogP contribution in [0.2, 0.25) is 0 Å². The Kier molecular flexibility index (Phi) is 6.45. The second-order valence-corrected chi connectivity index (χ2v) is 12.3. The highest BCUT2D eigenvalue weighted by Gasteiger charge is 2.62. The number of aromatic amines is 1. The number of carbonyl (C=O) groups is 1. The number of amides is 1. The van der Waals surface area contributed by atoms with Crippen LogP contribution in [0.1, 0.15) is 82.3 Å². The average Bonchev–Trinajstić information content (AvgIpc) is 3.54. The Morgan fingerprint density at radius 3 is 2.66 bits per heavy atom. The first-order valence-corrected chi connectivity index (χ1v) is 14.3. The molecule has 3 fully saturated rings. The van der Waals surface area contributed by atoms with Gasteiger partial charge < -0.3 is 28.9 Å². The van der Waals surface area contributed by atoms with E-state index in [1.54, 1.807) is 0 Å². The fourth-order valence-corrected chi connectivity index (χ4v) is 7.19. The molecule has 0 radical (unpaired) electrons. The van der Waals surface area contributed by atoms with Crippen molar-refractivity contribution in [2.24, 2.45) is 4.99 Å². The molecule has 6 rings (SSSR count). The van der Waals surface area contributed by atoms with E-state index in [0.29, 0.717) is 32.8 Å². The first kappa shape index (κ1) is 25.7. The van der Waals surface area contributed by atoms with E-state index < -0.39 is 11.4 Å². The van der Waals surface area contributed by atoms with Gasteiger partial charge >= 0.3 is 6.09 Å². The summed E-state index contributed by atoms with van der Waals surface area (Å²) in [7, 11) is 2.10. The molecule has 38 heavy (non-hydrogen) atoms. The molecule has 2 spiro atoms. The number of hydrogen-bond acceptors (Lipinski definition) is 8. The van der Waals surface area contributed by atoms with Crippen molar-refractivity contribution < 1.29 is 19.0 Å². The van der Waals surface area contributed by atoms with E-state index in [2.05, 4.69) is 28.0 Å². The summed E-state index contributed by atoms with van der Waals surface area (Å²) in [6, 6.07) is 0.0177. The number of aromatic nitrogens is 2. The molecule has 1 saturated carbocycles. The molecule has 1 aromatic rings. The normalized spacial score (nSPS) is 29.1. The summed E-state index contributed by atoms with van der Waals surface area (Å²) in [4.78, 5) is 23.8. The molecule has 2 atom stereocenters. The zero-order valence-corrected chi connectivity index (χ0v) is 23.3. The van der Waals surface area contributed by atoms with E-state index in [9.17, 15) is 4.79 Å². The van der Waals surface area contributed by atoms with E-state index >= 15 is 0 Å². The van der Waals surface area contributed by atoms with Crippen LogP contribution in [0.25, 0.3) is 0 Å². The number of nitrogens with zero attached hydrogens (tertiary/aromatic N) is 5. The molecule has 10 nitrogen and oxygen atoms in total. The Morgan fingerprint density at radius 1 is 1.08 bits per heavy atom. The lowest BCUT2D eigenvalue weighted by Gasteiger charge is -2.47. The average molecular weight is 527 g/mol. The highest BCUT2D eigenvalue weighted by Crippen LogP contribution is 2.57. The molecular weight excluding hydrogens is 484 g/mol. The molecule has 5 aliphatic rings. The molecule has 208 valence electrons. The van der Waals surface area contributed by atoms with Gasteiger partial charge in [-0.1, -0.05) is 6.42 Å². The number of fused-ring (bicyclic) bond motifs is 3. The monoisotopic (exact) mass is 526 g/mol. The predicted octanol–water partition coefficient (Wildman–Crippen LogP) is 3.71. The Hall–Kier alpha value is -2.59. The van der Waals surface area contributed by atoms with Crippen molar-refractivity contribution in [2.75, 3.05) is 46.4 Å². The molecule has 3 aliphatic heterocycles. The van der Waals surface area contributed by atoms with Gasteiger partial charge in [0.25, 0.3) is 0 Å². The summed E-state index contributed by atoms with van der Waals surface area (Å²) in [6.45, 7) is 9.90. The lowest BCUT2D eigenvalue weighted by atomic mass is 9.67. The van der Waals surface area contributed by atoms with Crippen molar-refractivity contribution in [1.29, 1.82) is 0 Å². The Labute approximate surface area is 225 Å². The first-order valence-electron chi connectivity index (χ1n) is 14.3. The predicted molar refractivity (Wildman–Crippen MR) is 143 cm³/mol. The van der Waals surface area contributed by atoms with Gasteiger partial charge in [-0.15, -0.1) is 0 Å². The molecule has 4 heterocycles. The number of nitrogens with one attached hydrogen (secondary N) is 1. The molecule has 10 heteroatoms. The summed E-state index contributed by atoms with van der Waals surface area (Å²) in [6.07, 6.45) is 11.0. The Balaban J connectivity index is 1.19. The first-order chi connectivity index (χ1) is 18.2. The molecule has 2 unspecified atom stereocenters. The third kappa shape index (κ3) is 4.20. The number of hydrogen-bond donors (Lipinski definition) is 1. The van der Waals surface area contributed by atoms with Gasteiger partial charge in [0.05, 0.1) is 36.1 Å². The Morgan fingerprint density at radius 2 is 1.87 bits per heavy atom. The summed E-state index contributed by atoms with van der Waals surface area (Å²) in [5.41, 5.74) is 2.97. The van der Waals surface area contributed by atoms with Crippen LogP contribution in [0, 0.1) is 0 Å². The van der Waals surface area contributed by atoms with Crippen LogP contribution in [0.4, 0.5) is 4.79 Å². The van der Waals surface area contributed by atoms with E-state index in [1.165, 1.54) is 12.0 Å². The van der Waals surface area contributed by atoms with Gasteiger partial charge in [-0.3, -0.25) is 5.10 Å². The van der Waals surface area contributed by atoms with Gasteiger partial charge in [-0.2, -0.15) is 5.10 Å². The lowest BCUT2D eigenvalue weighted by Crippen LogP contribution is -2.54. The van der Waals surface area contributed by atoms with E-state index in [0.717, 1.165) is 62.4 Å². The van der Waals surface area contributed by atoms with Crippen molar-refractivity contribution in [1.82, 2.24) is 24.9 Å². The summed E-state index contributed by atoms with van der Waals surface area (Å²) in [5.74, 6) is 0.409. The second-order valence-electron chi connectivity index (χ2n) is 12.3. The van der Waals surface area contributed by atoms with Gasteiger partial charge in [0.1, 0.15) is 5.60 Å². The number of ether oxygens (including phenoxy) is 3. The summed E-state index contributed by atoms with van der Waals surface area (Å²) >= 11 is 0. The number of carbonyl (C=O) groups excluding carboxylic acids is 1. The molecule has 1 N–H and O–H groups in total. The topological polar surface area (TPSA) is 95.5 Å². The van der Waals surface area contributed by atoms with Gasteiger partial charge in [-0.25, -0.2) is 9.79 Å². The fourth-order valence-electron chi connectivity index (χ4n) is 7.19. The smallest absolute Gasteiger partial charge is 0.410 e. The van der Waals surface area contributed by atoms with Gasteiger partial charge in [0.2, 0.25) is 5.96 Å². The van der Waals surface area contributed by atoms with Crippen LogP contribution < -0.4 is 0 Å². The SMILES string of the molecule is CN1C(N2CCCN(C(=O)OC(C)(C)C)CC2)=NC=CC1c1[nH]nc2c1CCC21CCCCC12OCCO2. The highest BCUT2D eigenvalue weighted by molar-refractivity contribution is 5.82. The molecule has 0 bridgehead atoms. The summed E-state index contributed by atoms with van der Waals surface area (Å²) < 4.78 is 18.3. The van der Waals surface area contributed by atoms with Crippen LogP contribution in [0.3, 0.4) is 0 Å². The largest absolute Gasteiger partial charge is 0.444 e. The van der Waals surface area contributed by atoms with Crippen molar-refractivity contribution in [3.05, 3.63) is 29.2 Å². The number of guanidine groups is 1. The minimum absolute atomic E-state index is 0.0177. The van der Waals surface area contributed by atoms with Crippen molar-refractivity contribution >= 4 is 12.1 Å². The standard InChI is InChI=1S/C28H42N6O4/c1-26(2,3)38-25(35)34-15-7-14-33(16-17-34)24-29-13-9-21(32(24)4)22-20-8-12-27(23(20)31-30-22)10-5-6-11-28(27)36-18-19-37-28/h9,13,21H,5-8,10-12,14-19H2,1-4H3,(H,30,31). The molecular formula is C28H42N6O4. The maximum atomic E-state index is 12.7. The van der Waals surface area contributed by atoms with Crippen molar-refractivity contribution in [3.63, 3.8) is 0 Å². The van der Waals surface area contributed by atoms with Crippen LogP contribution in [-0.2, 0) is 26.0 Å².